The summed E-state index contributed by atoms with van der Waals surface area (Å²) in [5, 5.41) is 28.1. The molecule has 0 saturated carbocycles. The van der Waals surface area contributed by atoms with E-state index in [1.54, 1.807) is 24.3 Å². The third kappa shape index (κ3) is 17.8. The van der Waals surface area contributed by atoms with Gasteiger partial charge in [0.15, 0.2) is 17.0 Å². The quantitative estimate of drug-likeness (QED) is 0.0275. The molecule has 0 radical (unpaired) electrons. The monoisotopic (exact) mass is 758 g/mol. The molecule has 1 atom stereocenters. The number of aromatic nitrogens is 4. The van der Waals surface area contributed by atoms with Crippen molar-refractivity contribution in [1.82, 2.24) is 30.6 Å². The molecule has 19 nitrogen and oxygen atoms in total. The number of nitrogen functional groups attached to an aromatic ring is 1. The zero-order chi connectivity index (χ0) is 39.0. The van der Waals surface area contributed by atoms with Crippen molar-refractivity contribution < 1.29 is 48.2 Å². The van der Waals surface area contributed by atoms with Crippen molar-refractivity contribution in [3.63, 3.8) is 0 Å². The van der Waals surface area contributed by atoms with Gasteiger partial charge in [-0.2, -0.15) is 4.98 Å². The van der Waals surface area contributed by atoms with Gasteiger partial charge in [-0.25, -0.2) is 9.97 Å². The summed E-state index contributed by atoms with van der Waals surface area (Å²) in [6, 6.07) is 5.42. The van der Waals surface area contributed by atoms with E-state index >= 15 is 0 Å². The van der Waals surface area contributed by atoms with Gasteiger partial charge in [0.1, 0.15) is 12.6 Å². The first-order valence-corrected chi connectivity index (χ1v) is 17.3. The van der Waals surface area contributed by atoms with Crippen molar-refractivity contribution in [2.24, 2.45) is 0 Å². The van der Waals surface area contributed by atoms with Crippen molar-refractivity contribution in [2.45, 2.75) is 38.1 Å². The Morgan fingerprint density at radius 1 is 0.907 bits per heavy atom. The van der Waals surface area contributed by atoms with E-state index in [0.29, 0.717) is 77.5 Å². The van der Waals surface area contributed by atoms with E-state index in [2.05, 4.69) is 41.8 Å². The summed E-state index contributed by atoms with van der Waals surface area (Å²) in [4.78, 5) is 52.9. The highest BCUT2D eigenvalue weighted by Gasteiger charge is 2.25. The minimum Gasteiger partial charge on any atom is -0.379 e. The van der Waals surface area contributed by atoms with Crippen LogP contribution in [0.5, 0.6) is 0 Å². The molecule has 19 heteroatoms. The number of aliphatic hydroxyl groups is 2. The van der Waals surface area contributed by atoms with Crippen LogP contribution >= 0.6 is 0 Å². The van der Waals surface area contributed by atoms with Gasteiger partial charge in [-0.1, -0.05) is 5.92 Å². The van der Waals surface area contributed by atoms with Crippen molar-refractivity contribution in [2.75, 3.05) is 96.9 Å². The number of carbonyl (C=O) groups excluding carboxylic acids is 2. The van der Waals surface area contributed by atoms with Crippen LogP contribution in [0.2, 0.25) is 0 Å². The van der Waals surface area contributed by atoms with Gasteiger partial charge in [-0.3, -0.25) is 19.4 Å². The fraction of sp³-hybridized carbons (Fsp3) is 0.543. The molecule has 1 aromatic carbocycles. The Balaban J connectivity index is 1.29. The fourth-order valence-corrected chi connectivity index (χ4v) is 4.52. The number of H-pyrrole nitrogens is 1. The average Bonchev–Trinajstić information content (AvgIpc) is 3.14. The Kier molecular flexibility index (Phi) is 19.8. The third-order valence-electron chi connectivity index (χ3n) is 7.23. The van der Waals surface area contributed by atoms with Gasteiger partial charge in [0.2, 0.25) is 11.9 Å². The number of benzene rings is 1. The Bertz CT molecular complexity index is 1660. The number of nitrogens with zero attached hydrogens (tertiary/aromatic N) is 3. The maximum atomic E-state index is 13.0. The number of nitrogens with two attached hydrogens (primary N) is 1. The summed E-state index contributed by atoms with van der Waals surface area (Å²) in [7, 11) is 0. The molecule has 0 aliphatic heterocycles. The van der Waals surface area contributed by atoms with Crippen molar-refractivity contribution in [1.29, 1.82) is 0 Å². The van der Waals surface area contributed by atoms with Crippen LogP contribution < -0.4 is 27.2 Å². The Morgan fingerprint density at radius 2 is 1.48 bits per heavy atom. The van der Waals surface area contributed by atoms with Gasteiger partial charge in [0.05, 0.1) is 91.1 Å². The lowest BCUT2D eigenvalue weighted by atomic mass is 10.0. The zero-order valence-corrected chi connectivity index (χ0v) is 30.3. The Labute approximate surface area is 312 Å². The molecular formula is C35H50N8O11. The zero-order valence-electron chi connectivity index (χ0n) is 30.3. The normalized spacial score (nSPS) is 12.0. The number of hydrogen-bond donors (Lipinski definition) is 7. The molecule has 0 fully saturated rings. The lowest BCUT2D eigenvalue weighted by Crippen LogP contribution is -2.48. The first kappa shape index (κ1) is 43.6. The third-order valence-corrected chi connectivity index (χ3v) is 7.23. The molecule has 3 rings (SSSR count). The fourth-order valence-electron chi connectivity index (χ4n) is 4.52. The predicted molar refractivity (Wildman–Crippen MR) is 196 cm³/mol. The van der Waals surface area contributed by atoms with E-state index in [1.165, 1.54) is 13.1 Å². The van der Waals surface area contributed by atoms with E-state index < -0.39 is 29.2 Å². The molecule has 0 aliphatic rings. The van der Waals surface area contributed by atoms with Crippen LogP contribution in [0, 0.1) is 12.3 Å². The van der Waals surface area contributed by atoms with Gasteiger partial charge in [0, 0.05) is 24.2 Å². The summed E-state index contributed by atoms with van der Waals surface area (Å²) in [6.07, 6.45) is 6.37. The summed E-state index contributed by atoms with van der Waals surface area (Å²) in [6.45, 7) is 6.16. The van der Waals surface area contributed by atoms with Gasteiger partial charge in [0.25, 0.3) is 11.5 Å². The maximum absolute atomic E-state index is 13.0. The summed E-state index contributed by atoms with van der Waals surface area (Å²) >= 11 is 0. The summed E-state index contributed by atoms with van der Waals surface area (Å²) < 4.78 is 32.2. The Hall–Kier alpha value is -4.78. The first-order valence-electron chi connectivity index (χ1n) is 17.3. The number of nitrogens with one attached hydrogen (secondary N) is 4. The summed E-state index contributed by atoms with van der Waals surface area (Å²) in [5.41, 5.74) is 6.65. The number of aromatic amines is 1. The van der Waals surface area contributed by atoms with E-state index in [0.717, 1.165) is 0 Å². The molecule has 2 heterocycles. The number of anilines is 2. The second-order valence-corrected chi connectivity index (χ2v) is 11.8. The number of fused-ring (bicyclic) bond motifs is 1. The van der Waals surface area contributed by atoms with Crippen molar-refractivity contribution in [3.05, 3.63) is 52.1 Å². The van der Waals surface area contributed by atoms with E-state index in [1.807, 2.05) is 0 Å². The molecule has 0 spiro atoms. The number of carbonyl (C=O) groups is 2. The largest absolute Gasteiger partial charge is 0.379 e. The molecule has 296 valence electrons. The van der Waals surface area contributed by atoms with Gasteiger partial charge < -0.3 is 60.3 Å². The number of ether oxygens (including phenoxy) is 6. The molecule has 2 aromatic heterocycles. The minimum atomic E-state index is -2.03. The predicted octanol–water partition coefficient (Wildman–Crippen LogP) is -0.664. The molecule has 0 aliphatic carbocycles. The topological polar surface area (TPSA) is 264 Å². The maximum Gasteiger partial charge on any atom is 0.280 e. The van der Waals surface area contributed by atoms with E-state index in [-0.39, 0.29) is 61.8 Å². The van der Waals surface area contributed by atoms with Crippen LogP contribution in [-0.4, -0.2) is 140 Å². The molecule has 0 bridgehead atoms. The van der Waals surface area contributed by atoms with Crippen LogP contribution in [0.4, 0.5) is 11.6 Å². The molecule has 0 unspecified atom stereocenters. The number of hydrogen-bond acceptors (Lipinski definition) is 16. The molecular weight excluding hydrogens is 708 g/mol. The molecule has 0 saturated heterocycles. The highest BCUT2D eigenvalue weighted by molar-refractivity contribution is 5.97. The highest BCUT2D eigenvalue weighted by Crippen LogP contribution is 2.14. The van der Waals surface area contributed by atoms with Gasteiger partial charge in [-0.15, -0.1) is 6.42 Å². The van der Waals surface area contributed by atoms with Crippen LogP contribution in [0.25, 0.3) is 11.2 Å². The number of rotatable bonds is 28. The van der Waals surface area contributed by atoms with Crippen LogP contribution in [0.1, 0.15) is 35.8 Å². The molecule has 54 heavy (non-hydrogen) atoms. The average molecular weight is 759 g/mol. The lowest BCUT2D eigenvalue weighted by molar-refractivity contribution is -0.151. The standard InChI is InChI=1S/C35H50N8O11/c1-3-11-49-13-15-51-17-19-53-21-22-54-20-18-52-16-14-50-12-10-37-32(45)28(8-9-35(2,47)48)41-31(44)25-4-6-26(7-5-25)38-23-27-24-39-30-29(40-27)33(46)43-34(36)42-30/h1,4-7,24,28,38,47-48H,8-23H2,2H3,(H,37,45)(H,41,44)(H3,36,39,42,43,46)/t28-/m0/s1. The van der Waals surface area contributed by atoms with E-state index in [4.69, 9.17) is 40.6 Å². The lowest BCUT2D eigenvalue weighted by Gasteiger charge is -2.22. The number of terminal acetylenes is 1. The van der Waals surface area contributed by atoms with Crippen LogP contribution in [-0.2, 0) is 39.8 Å². The Morgan fingerprint density at radius 3 is 2.06 bits per heavy atom. The summed E-state index contributed by atoms with van der Waals surface area (Å²) in [5.74, 6) is -0.729. The van der Waals surface area contributed by atoms with Gasteiger partial charge in [-0.05, 0) is 37.6 Å². The van der Waals surface area contributed by atoms with Crippen molar-refractivity contribution >= 4 is 34.6 Å². The molecule has 3 aromatic rings. The van der Waals surface area contributed by atoms with Crippen LogP contribution in [0.3, 0.4) is 0 Å². The van der Waals surface area contributed by atoms with E-state index in [9.17, 15) is 24.6 Å². The first-order chi connectivity index (χ1) is 26.1. The smallest absolute Gasteiger partial charge is 0.280 e. The molecule has 8 N–H and O–H groups in total. The highest BCUT2D eigenvalue weighted by atomic mass is 16.6. The second kappa shape index (κ2) is 24.5. The van der Waals surface area contributed by atoms with Crippen molar-refractivity contribution in [3.8, 4) is 12.3 Å². The molecule has 2 amide bonds. The minimum absolute atomic E-state index is 0.0280. The second-order valence-electron chi connectivity index (χ2n) is 11.8. The number of amides is 2. The van der Waals surface area contributed by atoms with Gasteiger partial charge >= 0.3 is 0 Å². The van der Waals surface area contributed by atoms with Crippen LogP contribution in [0.15, 0.2) is 35.3 Å². The SMILES string of the molecule is C#CCOCCOCCOCCOCCOCCOCCNC(=O)[C@H](CCC(C)(O)O)NC(=O)c1ccc(NCc2cnc3nc(N)[nH]c(=O)c3n2)cc1.